The molecule has 0 spiro atoms. The molecule has 7 heteroatoms. The van der Waals surface area contributed by atoms with Gasteiger partial charge in [-0.3, -0.25) is 4.79 Å². The molecule has 0 saturated heterocycles. The SMILES string of the molecule is O=C(Nc1cc(C(F)(F)F)ccc1Br)c1cccc(F)c1. The normalized spacial score (nSPS) is 11.3. The highest BCUT2D eigenvalue weighted by molar-refractivity contribution is 9.10. The number of rotatable bonds is 2. The molecule has 0 fully saturated rings. The lowest BCUT2D eigenvalue weighted by Crippen LogP contribution is -2.14. The summed E-state index contributed by atoms with van der Waals surface area (Å²) >= 11 is 3.06. The summed E-state index contributed by atoms with van der Waals surface area (Å²) in [6.45, 7) is 0. The van der Waals surface area contributed by atoms with Gasteiger partial charge in [-0.15, -0.1) is 0 Å². The van der Waals surface area contributed by atoms with Gasteiger partial charge in [0, 0.05) is 10.0 Å². The van der Waals surface area contributed by atoms with E-state index in [-0.39, 0.29) is 11.3 Å². The standard InChI is InChI=1S/C14H8BrF4NO/c15-11-5-4-9(14(17,18)19)7-12(11)20-13(21)8-2-1-3-10(16)6-8/h1-7H,(H,20,21). The third-order valence-electron chi connectivity index (χ3n) is 2.63. The fraction of sp³-hybridized carbons (Fsp3) is 0.0714. The van der Waals surface area contributed by atoms with Crippen molar-refractivity contribution >= 4 is 27.5 Å². The van der Waals surface area contributed by atoms with Crippen molar-refractivity contribution in [3.05, 3.63) is 63.9 Å². The van der Waals surface area contributed by atoms with Gasteiger partial charge in [0.2, 0.25) is 0 Å². The molecule has 2 aromatic carbocycles. The van der Waals surface area contributed by atoms with Crippen molar-refractivity contribution in [1.29, 1.82) is 0 Å². The lowest BCUT2D eigenvalue weighted by molar-refractivity contribution is -0.137. The smallest absolute Gasteiger partial charge is 0.321 e. The molecule has 0 unspecified atom stereocenters. The van der Waals surface area contributed by atoms with Gasteiger partial charge < -0.3 is 5.32 Å². The fourth-order valence-electron chi connectivity index (χ4n) is 1.62. The van der Waals surface area contributed by atoms with Gasteiger partial charge in [0.1, 0.15) is 5.82 Å². The van der Waals surface area contributed by atoms with E-state index in [0.717, 1.165) is 24.3 Å². The van der Waals surface area contributed by atoms with E-state index in [9.17, 15) is 22.4 Å². The van der Waals surface area contributed by atoms with Gasteiger partial charge >= 0.3 is 6.18 Å². The number of hydrogen-bond donors (Lipinski definition) is 1. The molecule has 0 aliphatic heterocycles. The first-order chi connectivity index (χ1) is 9.77. The number of hydrogen-bond acceptors (Lipinski definition) is 1. The van der Waals surface area contributed by atoms with Crippen LogP contribution in [-0.2, 0) is 6.18 Å². The third-order valence-corrected chi connectivity index (χ3v) is 3.32. The molecule has 21 heavy (non-hydrogen) atoms. The monoisotopic (exact) mass is 361 g/mol. The lowest BCUT2D eigenvalue weighted by Gasteiger charge is -2.12. The average Bonchev–Trinajstić information content (AvgIpc) is 2.40. The van der Waals surface area contributed by atoms with Crippen LogP contribution in [0.3, 0.4) is 0 Å². The Kier molecular flexibility index (Phi) is 4.32. The van der Waals surface area contributed by atoms with E-state index in [0.29, 0.717) is 4.47 Å². The van der Waals surface area contributed by atoms with Crippen LogP contribution in [0.15, 0.2) is 46.9 Å². The topological polar surface area (TPSA) is 29.1 Å². The van der Waals surface area contributed by atoms with Crippen molar-refractivity contribution < 1.29 is 22.4 Å². The van der Waals surface area contributed by atoms with E-state index >= 15 is 0 Å². The second-order valence-corrected chi connectivity index (χ2v) is 5.01. The number of nitrogens with one attached hydrogen (secondary N) is 1. The zero-order chi connectivity index (χ0) is 15.6. The van der Waals surface area contributed by atoms with E-state index in [1.807, 2.05) is 0 Å². The number of carbonyl (C=O) groups excluding carboxylic acids is 1. The molecule has 0 aromatic heterocycles. The zero-order valence-corrected chi connectivity index (χ0v) is 11.9. The van der Waals surface area contributed by atoms with Crippen molar-refractivity contribution in [3.63, 3.8) is 0 Å². The van der Waals surface area contributed by atoms with Crippen molar-refractivity contribution in [1.82, 2.24) is 0 Å². The van der Waals surface area contributed by atoms with Crippen molar-refractivity contribution in [2.24, 2.45) is 0 Å². The van der Waals surface area contributed by atoms with Crippen molar-refractivity contribution in [2.75, 3.05) is 5.32 Å². The molecule has 110 valence electrons. The minimum absolute atomic E-state index is 0.0133. The molecule has 0 aliphatic rings. The number of carbonyl (C=O) groups is 1. The van der Waals surface area contributed by atoms with E-state index in [1.165, 1.54) is 18.2 Å². The van der Waals surface area contributed by atoms with Crippen LogP contribution in [0.1, 0.15) is 15.9 Å². The maximum Gasteiger partial charge on any atom is 0.416 e. The van der Waals surface area contributed by atoms with Gasteiger partial charge in [-0.25, -0.2) is 4.39 Å². The molecular weight excluding hydrogens is 354 g/mol. The van der Waals surface area contributed by atoms with Gasteiger partial charge in [0.25, 0.3) is 5.91 Å². The highest BCUT2D eigenvalue weighted by Crippen LogP contribution is 2.34. The highest BCUT2D eigenvalue weighted by atomic mass is 79.9. The summed E-state index contributed by atoms with van der Waals surface area (Å²) in [5, 5.41) is 2.31. The Morgan fingerprint density at radius 1 is 1.10 bits per heavy atom. The summed E-state index contributed by atoms with van der Waals surface area (Å²) < 4.78 is 51.2. The van der Waals surface area contributed by atoms with Crippen LogP contribution in [0, 0.1) is 5.82 Å². The summed E-state index contributed by atoms with van der Waals surface area (Å²) in [5.41, 5.74) is -0.918. The number of amides is 1. The Morgan fingerprint density at radius 2 is 1.81 bits per heavy atom. The predicted octanol–water partition coefficient (Wildman–Crippen LogP) is 4.86. The highest BCUT2D eigenvalue weighted by Gasteiger charge is 2.31. The largest absolute Gasteiger partial charge is 0.416 e. The first-order valence-electron chi connectivity index (χ1n) is 5.71. The van der Waals surface area contributed by atoms with Crippen LogP contribution in [0.4, 0.5) is 23.2 Å². The Hall–Kier alpha value is -1.89. The van der Waals surface area contributed by atoms with E-state index in [1.54, 1.807) is 0 Å². The third kappa shape index (κ3) is 3.81. The molecule has 0 bridgehead atoms. The number of benzene rings is 2. The second kappa shape index (κ2) is 5.85. The molecule has 2 aromatic rings. The maximum atomic E-state index is 13.0. The van der Waals surface area contributed by atoms with Crippen LogP contribution < -0.4 is 5.32 Å². The Bertz CT molecular complexity index is 685. The molecule has 0 aliphatic carbocycles. The first-order valence-corrected chi connectivity index (χ1v) is 6.50. The van der Waals surface area contributed by atoms with E-state index in [4.69, 9.17) is 0 Å². The van der Waals surface area contributed by atoms with Gasteiger partial charge in [0.05, 0.1) is 11.3 Å². The second-order valence-electron chi connectivity index (χ2n) is 4.16. The minimum Gasteiger partial charge on any atom is -0.321 e. The Morgan fingerprint density at radius 3 is 2.43 bits per heavy atom. The summed E-state index contributed by atoms with van der Waals surface area (Å²) in [5.74, 6) is -1.31. The molecule has 2 rings (SSSR count). The first kappa shape index (κ1) is 15.5. The van der Waals surface area contributed by atoms with Crippen LogP contribution in [0.2, 0.25) is 0 Å². The van der Waals surface area contributed by atoms with Gasteiger partial charge in [-0.05, 0) is 52.3 Å². The quantitative estimate of drug-likeness (QED) is 0.760. The maximum absolute atomic E-state index is 13.0. The molecule has 0 saturated carbocycles. The van der Waals surface area contributed by atoms with Crippen molar-refractivity contribution in [3.8, 4) is 0 Å². The molecule has 1 amide bonds. The van der Waals surface area contributed by atoms with E-state index < -0.39 is 23.5 Å². The summed E-state index contributed by atoms with van der Waals surface area (Å²) in [7, 11) is 0. The fourth-order valence-corrected chi connectivity index (χ4v) is 1.97. The van der Waals surface area contributed by atoms with Crippen LogP contribution in [0.25, 0.3) is 0 Å². The lowest BCUT2D eigenvalue weighted by atomic mass is 10.1. The molecule has 0 heterocycles. The van der Waals surface area contributed by atoms with Crippen LogP contribution in [0.5, 0.6) is 0 Å². The zero-order valence-electron chi connectivity index (χ0n) is 10.3. The van der Waals surface area contributed by atoms with Gasteiger partial charge in [0.15, 0.2) is 0 Å². The summed E-state index contributed by atoms with van der Waals surface area (Å²) in [6.07, 6.45) is -4.51. The number of anilines is 1. The molecular formula is C14H8BrF4NO. The average molecular weight is 362 g/mol. The Balaban J connectivity index is 2.29. The van der Waals surface area contributed by atoms with Crippen LogP contribution in [-0.4, -0.2) is 5.91 Å². The summed E-state index contributed by atoms with van der Waals surface area (Å²) in [6, 6.07) is 7.74. The molecule has 0 atom stereocenters. The number of alkyl halides is 3. The van der Waals surface area contributed by atoms with Crippen molar-refractivity contribution in [2.45, 2.75) is 6.18 Å². The molecule has 0 radical (unpaired) electrons. The number of halogens is 5. The molecule has 2 nitrogen and oxygen atoms in total. The Labute approximate surface area is 125 Å². The molecule has 1 N–H and O–H groups in total. The van der Waals surface area contributed by atoms with Crippen LogP contribution >= 0.6 is 15.9 Å². The predicted molar refractivity (Wildman–Crippen MR) is 73.5 cm³/mol. The van der Waals surface area contributed by atoms with E-state index in [2.05, 4.69) is 21.2 Å². The minimum atomic E-state index is -4.51. The summed E-state index contributed by atoms with van der Waals surface area (Å²) in [4.78, 5) is 11.9. The van der Waals surface area contributed by atoms with Gasteiger partial charge in [-0.1, -0.05) is 6.07 Å². The van der Waals surface area contributed by atoms with Gasteiger partial charge in [-0.2, -0.15) is 13.2 Å².